The lowest BCUT2D eigenvalue weighted by Crippen LogP contribution is -2.03. The smallest absolute Gasteiger partial charge is 0.142 e. The third-order valence-electron chi connectivity index (χ3n) is 2.73. The van der Waals surface area contributed by atoms with Crippen LogP contribution in [0, 0.1) is 11.6 Å². The van der Waals surface area contributed by atoms with Crippen LogP contribution in [0.5, 0.6) is 0 Å². The van der Waals surface area contributed by atoms with Crippen molar-refractivity contribution >= 4 is 27.5 Å². The number of benzene rings is 2. The van der Waals surface area contributed by atoms with Gasteiger partial charge in [-0.15, -0.1) is 0 Å². The highest BCUT2D eigenvalue weighted by molar-refractivity contribution is 9.10. The third-order valence-corrected chi connectivity index (χ3v) is 3.76. The van der Waals surface area contributed by atoms with Crippen LogP contribution < -0.4 is 0 Å². The van der Waals surface area contributed by atoms with E-state index in [1.807, 2.05) is 0 Å². The Kier molecular flexibility index (Phi) is 4.55. The van der Waals surface area contributed by atoms with Crippen molar-refractivity contribution in [3.8, 4) is 0 Å². The van der Waals surface area contributed by atoms with Crippen LogP contribution in [0.15, 0.2) is 40.9 Å². The first-order valence-corrected chi connectivity index (χ1v) is 6.71. The molecule has 0 aromatic heterocycles. The molecule has 0 saturated heterocycles. The van der Waals surface area contributed by atoms with Gasteiger partial charge >= 0.3 is 0 Å². The maximum Gasteiger partial charge on any atom is 0.142 e. The van der Waals surface area contributed by atoms with Crippen molar-refractivity contribution in [3.63, 3.8) is 0 Å². The fourth-order valence-corrected chi connectivity index (χ4v) is 2.40. The summed E-state index contributed by atoms with van der Waals surface area (Å²) in [7, 11) is 0. The van der Waals surface area contributed by atoms with Gasteiger partial charge in [-0.2, -0.15) is 0 Å². The Hall–Kier alpha value is -0.970. The number of rotatable bonds is 3. The summed E-state index contributed by atoms with van der Waals surface area (Å²) in [6, 6.07) is 8.39. The average Bonchev–Trinajstić information content (AvgIpc) is 2.36. The van der Waals surface area contributed by atoms with E-state index in [1.165, 1.54) is 30.3 Å². The highest BCUT2D eigenvalue weighted by Gasteiger charge is 2.14. The van der Waals surface area contributed by atoms with Crippen LogP contribution in [0.1, 0.15) is 17.2 Å². The second-order valence-corrected chi connectivity index (χ2v) is 5.40. The molecule has 0 heterocycles. The Labute approximate surface area is 123 Å². The van der Waals surface area contributed by atoms with Gasteiger partial charge in [-0.3, -0.25) is 0 Å². The molecule has 0 bridgehead atoms. The van der Waals surface area contributed by atoms with E-state index >= 15 is 0 Å². The minimum Gasteiger partial charge on any atom is -0.388 e. The normalized spacial score (nSPS) is 12.5. The maximum atomic E-state index is 13.3. The molecular weight excluding hydrogens is 338 g/mol. The standard InChI is InChI=1S/C14H10BrClF2O/c15-11-3-2-9(17)7-10(11)14(19)6-8-1-4-12(16)13(18)5-8/h1-5,7,14,19H,6H2. The van der Waals surface area contributed by atoms with Crippen LogP contribution in [0.2, 0.25) is 5.02 Å². The van der Waals surface area contributed by atoms with Crippen LogP contribution in [-0.2, 0) is 6.42 Å². The maximum absolute atomic E-state index is 13.3. The monoisotopic (exact) mass is 346 g/mol. The summed E-state index contributed by atoms with van der Waals surface area (Å²) in [6.07, 6.45) is -0.749. The topological polar surface area (TPSA) is 20.2 Å². The lowest BCUT2D eigenvalue weighted by Gasteiger charge is -2.13. The van der Waals surface area contributed by atoms with Crippen molar-refractivity contribution in [3.05, 3.63) is 68.7 Å². The third kappa shape index (κ3) is 3.53. The van der Waals surface area contributed by atoms with E-state index in [0.29, 0.717) is 15.6 Å². The van der Waals surface area contributed by atoms with Crippen LogP contribution in [0.4, 0.5) is 8.78 Å². The van der Waals surface area contributed by atoms with Crippen molar-refractivity contribution in [1.82, 2.24) is 0 Å². The molecule has 0 spiro atoms. The molecule has 0 radical (unpaired) electrons. The molecule has 1 atom stereocenters. The summed E-state index contributed by atoms with van der Waals surface area (Å²) < 4.78 is 27.1. The van der Waals surface area contributed by atoms with Crippen molar-refractivity contribution in [2.75, 3.05) is 0 Å². The fraction of sp³-hybridized carbons (Fsp3) is 0.143. The van der Waals surface area contributed by atoms with Gasteiger partial charge in [0.1, 0.15) is 11.6 Å². The average molecular weight is 348 g/mol. The van der Waals surface area contributed by atoms with Crippen molar-refractivity contribution in [2.45, 2.75) is 12.5 Å². The predicted octanol–water partition coefficient (Wildman–Crippen LogP) is 4.66. The fourth-order valence-electron chi connectivity index (χ4n) is 1.77. The van der Waals surface area contributed by atoms with Gasteiger partial charge in [0.25, 0.3) is 0 Å². The molecular formula is C14H10BrClF2O. The first kappa shape index (κ1) is 14.4. The van der Waals surface area contributed by atoms with Gasteiger partial charge in [-0.1, -0.05) is 33.6 Å². The molecule has 1 N–H and O–H groups in total. The molecule has 2 rings (SSSR count). The zero-order valence-corrected chi connectivity index (χ0v) is 12.0. The highest BCUT2D eigenvalue weighted by Crippen LogP contribution is 2.27. The van der Waals surface area contributed by atoms with E-state index in [1.54, 1.807) is 6.07 Å². The Bertz CT molecular complexity index is 604. The molecule has 1 nitrogen and oxygen atoms in total. The van der Waals surface area contributed by atoms with Crippen molar-refractivity contribution in [1.29, 1.82) is 0 Å². The van der Waals surface area contributed by atoms with E-state index in [9.17, 15) is 13.9 Å². The first-order chi connectivity index (χ1) is 8.97. The van der Waals surface area contributed by atoms with E-state index < -0.39 is 17.7 Å². The van der Waals surface area contributed by atoms with Crippen LogP contribution in [0.3, 0.4) is 0 Å². The SMILES string of the molecule is OC(Cc1ccc(Cl)c(F)c1)c1cc(F)ccc1Br. The Morgan fingerprint density at radius 3 is 2.58 bits per heavy atom. The van der Waals surface area contributed by atoms with Gasteiger partial charge in [-0.05, 0) is 41.5 Å². The molecule has 0 aliphatic carbocycles. The quantitative estimate of drug-likeness (QED) is 0.856. The van der Waals surface area contributed by atoms with Gasteiger partial charge in [0.05, 0.1) is 11.1 Å². The number of halogens is 4. The molecule has 0 amide bonds. The van der Waals surface area contributed by atoms with Gasteiger partial charge in [-0.25, -0.2) is 8.78 Å². The van der Waals surface area contributed by atoms with E-state index in [-0.39, 0.29) is 11.4 Å². The van der Waals surface area contributed by atoms with Crippen molar-refractivity contribution in [2.24, 2.45) is 0 Å². The molecule has 2 aromatic rings. The zero-order valence-electron chi connectivity index (χ0n) is 9.71. The Morgan fingerprint density at radius 2 is 1.89 bits per heavy atom. The molecule has 1 unspecified atom stereocenters. The molecule has 5 heteroatoms. The van der Waals surface area contributed by atoms with Crippen molar-refractivity contribution < 1.29 is 13.9 Å². The molecule has 0 fully saturated rings. The minimum absolute atomic E-state index is 0.0326. The predicted molar refractivity (Wildman–Crippen MR) is 74.2 cm³/mol. The molecule has 0 aliphatic heterocycles. The van der Waals surface area contributed by atoms with E-state index in [2.05, 4.69) is 15.9 Å². The minimum atomic E-state index is -0.925. The van der Waals surface area contributed by atoms with Crippen LogP contribution in [-0.4, -0.2) is 5.11 Å². The van der Waals surface area contributed by atoms with E-state index in [4.69, 9.17) is 11.6 Å². The number of hydrogen-bond acceptors (Lipinski definition) is 1. The Balaban J connectivity index is 2.22. The molecule has 0 saturated carbocycles. The number of aliphatic hydroxyl groups is 1. The zero-order chi connectivity index (χ0) is 14.0. The molecule has 19 heavy (non-hydrogen) atoms. The van der Waals surface area contributed by atoms with E-state index in [0.717, 1.165) is 0 Å². The first-order valence-electron chi connectivity index (χ1n) is 5.54. The van der Waals surface area contributed by atoms with Gasteiger partial charge in [0.2, 0.25) is 0 Å². The molecule has 2 aromatic carbocycles. The molecule has 100 valence electrons. The van der Waals surface area contributed by atoms with Gasteiger partial charge in [0, 0.05) is 10.9 Å². The Morgan fingerprint density at radius 1 is 1.16 bits per heavy atom. The highest BCUT2D eigenvalue weighted by atomic mass is 79.9. The lowest BCUT2D eigenvalue weighted by molar-refractivity contribution is 0.177. The number of aliphatic hydroxyl groups excluding tert-OH is 1. The summed E-state index contributed by atoms with van der Waals surface area (Å²) in [5, 5.41) is 10.1. The van der Waals surface area contributed by atoms with Gasteiger partial charge < -0.3 is 5.11 Å². The summed E-state index contributed by atoms with van der Waals surface area (Å²) in [6.45, 7) is 0. The largest absolute Gasteiger partial charge is 0.388 e. The summed E-state index contributed by atoms with van der Waals surface area (Å²) >= 11 is 8.83. The second-order valence-electron chi connectivity index (χ2n) is 4.13. The summed E-state index contributed by atoms with van der Waals surface area (Å²) in [5.74, 6) is -0.968. The summed E-state index contributed by atoms with van der Waals surface area (Å²) in [5.41, 5.74) is 1.01. The lowest BCUT2D eigenvalue weighted by atomic mass is 10.0. The summed E-state index contributed by atoms with van der Waals surface area (Å²) in [4.78, 5) is 0. The number of hydrogen-bond donors (Lipinski definition) is 1. The van der Waals surface area contributed by atoms with Crippen LogP contribution >= 0.6 is 27.5 Å². The second kappa shape index (κ2) is 5.99. The van der Waals surface area contributed by atoms with Crippen LogP contribution in [0.25, 0.3) is 0 Å². The molecule has 0 aliphatic rings. The van der Waals surface area contributed by atoms with Gasteiger partial charge in [0.15, 0.2) is 0 Å².